The molecule has 0 aliphatic heterocycles. The van der Waals surface area contributed by atoms with E-state index < -0.39 is 0 Å². The molecule has 0 saturated heterocycles. The van der Waals surface area contributed by atoms with E-state index in [1.807, 2.05) is 39.1 Å². The Balaban J connectivity index is 1.71. The molecule has 7 heteroatoms. The van der Waals surface area contributed by atoms with Gasteiger partial charge in [-0.1, -0.05) is 13.0 Å². The van der Waals surface area contributed by atoms with Crippen molar-refractivity contribution in [2.45, 2.75) is 39.8 Å². The molecule has 0 saturated carbocycles. The van der Waals surface area contributed by atoms with E-state index in [4.69, 9.17) is 0 Å². The second-order valence-corrected chi connectivity index (χ2v) is 7.25. The Morgan fingerprint density at radius 3 is 2.81 bits per heavy atom. The summed E-state index contributed by atoms with van der Waals surface area (Å²) in [6.45, 7) is 6.18. The predicted octanol–water partition coefficient (Wildman–Crippen LogP) is 3.09. The maximum atomic E-state index is 12.8. The van der Waals surface area contributed by atoms with Crippen molar-refractivity contribution in [3.05, 3.63) is 64.1 Å². The molecule has 3 aromatic rings. The van der Waals surface area contributed by atoms with E-state index in [0.29, 0.717) is 6.54 Å². The molecule has 0 fully saturated rings. The van der Waals surface area contributed by atoms with Crippen LogP contribution in [0.4, 0.5) is 0 Å². The first-order valence-corrected chi connectivity index (χ1v) is 9.56. The van der Waals surface area contributed by atoms with Crippen molar-refractivity contribution in [1.82, 2.24) is 25.1 Å². The molecule has 3 rings (SSSR count). The van der Waals surface area contributed by atoms with Crippen molar-refractivity contribution in [2.24, 2.45) is 5.92 Å². The Morgan fingerprint density at radius 2 is 2.19 bits per heavy atom. The molecule has 1 amide bonds. The maximum Gasteiger partial charge on any atom is 0.225 e. The van der Waals surface area contributed by atoms with Gasteiger partial charge in [-0.15, -0.1) is 0 Å². The van der Waals surface area contributed by atoms with Gasteiger partial charge in [-0.25, -0.2) is 9.67 Å². The van der Waals surface area contributed by atoms with Crippen LogP contribution in [0.3, 0.4) is 0 Å². The van der Waals surface area contributed by atoms with Gasteiger partial charge in [-0.3, -0.25) is 9.78 Å². The van der Waals surface area contributed by atoms with Gasteiger partial charge in [-0.05, 0) is 54.3 Å². The van der Waals surface area contributed by atoms with Gasteiger partial charge in [0, 0.05) is 12.4 Å². The molecular formula is C19H23N5OS. The molecule has 0 aromatic carbocycles. The SMILES string of the molecule is Cc1nc(C)n(C[C@@H](C)C(=O)N[C@H](Cc2ccsc2)c2cccnc2)n1. The number of carbonyl (C=O) groups is 1. The van der Waals surface area contributed by atoms with Crippen LogP contribution in [0.5, 0.6) is 0 Å². The van der Waals surface area contributed by atoms with Crippen LogP contribution in [0.2, 0.25) is 0 Å². The van der Waals surface area contributed by atoms with Gasteiger partial charge in [0.05, 0.1) is 18.5 Å². The summed E-state index contributed by atoms with van der Waals surface area (Å²) in [6, 6.07) is 5.88. The Morgan fingerprint density at radius 1 is 1.35 bits per heavy atom. The molecule has 0 unspecified atom stereocenters. The number of amides is 1. The number of hydrogen-bond donors (Lipinski definition) is 1. The minimum Gasteiger partial charge on any atom is -0.349 e. The fraction of sp³-hybridized carbons (Fsp3) is 0.368. The Kier molecular flexibility index (Phi) is 5.78. The van der Waals surface area contributed by atoms with Crippen LogP contribution >= 0.6 is 11.3 Å². The van der Waals surface area contributed by atoms with Crippen molar-refractivity contribution in [2.75, 3.05) is 0 Å². The fourth-order valence-corrected chi connectivity index (χ4v) is 3.55. The third-order valence-corrected chi connectivity index (χ3v) is 5.01. The number of thiophene rings is 1. The zero-order chi connectivity index (χ0) is 18.5. The van der Waals surface area contributed by atoms with Gasteiger partial charge in [-0.2, -0.15) is 16.4 Å². The summed E-state index contributed by atoms with van der Waals surface area (Å²) < 4.78 is 1.79. The second kappa shape index (κ2) is 8.23. The molecule has 3 heterocycles. The van der Waals surface area contributed by atoms with Gasteiger partial charge in [0.2, 0.25) is 5.91 Å². The number of nitrogens with one attached hydrogen (secondary N) is 1. The zero-order valence-corrected chi connectivity index (χ0v) is 16.0. The molecule has 0 aliphatic carbocycles. The van der Waals surface area contributed by atoms with E-state index in [9.17, 15) is 4.79 Å². The number of aryl methyl sites for hydroxylation is 2. The molecule has 26 heavy (non-hydrogen) atoms. The summed E-state index contributed by atoms with van der Waals surface area (Å²) in [6.07, 6.45) is 4.30. The first-order chi connectivity index (χ1) is 12.5. The normalized spacial score (nSPS) is 13.3. The molecule has 0 aliphatic rings. The van der Waals surface area contributed by atoms with Crippen LogP contribution in [-0.4, -0.2) is 25.7 Å². The Bertz CT molecular complexity index is 844. The minimum atomic E-state index is -0.212. The summed E-state index contributed by atoms with van der Waals surface area (Å²) in [5, 5.41) is 11.7. The van der Waals surface area contributed by atoms with Gasteiger partial charge in [0.25, 0.3) is 0 Å². The van der Waals surface area contributed by atoms with Crippen molar-refractivity contribution in [1.29, 1.82) is 0 Å². The van der Waals surface area contributed by atoms with Crippen molar-refractivity contribution >= 4 is 17.2 Å². The third-order valence-electron chi connectivity index (χ3n) is 4.28. The third kappa shape index (κ3) is 4.54. The maximum absolute atomic E-state index is 12.8. The van der Waals surface area contributed by atoms with Crippen LogP contribution in [0.25, 0.3) is 0 Å². The second-order valence-electron chi connectivity index (χ2n) is 6.47. The largest absolute Gasteiger partial charge is 0.349 e. The predicted molar refractivity (Wildman–Crippen MR) is 102 cm³/mol. The van der Waals surface area contributed by atoms with Gasteiger partial charge < -0.3 is 5.32 Å². The first kappa shape index (κ1) is 18.3. The van der Waals surface area contributed by atoms with Crippen LogP contribution in [0.1, 0.15) is 35.7 Å². The topological polar surface area (TPSA) is 72.7 Å². The lowest BCUT2D eigenvalue weighted by Crippen LogP contribution is -2.36. The summed E-state index contributed by atoms with van der Waals surface area (Å²) in [7, 11) is 0. The van der Waals surface area contributed by atoms with Crippen molar-refractivity contribution in [3.63, 3.8) is 0 Å². The van der Waals surface area contributed by atoms with E-state index in [0.717, 1.165) is 23.6 Å². The fourth-order valence-electron chi connectivity index (χ4n) is 2.87. The highest BCUT2D eigenvalue weighted by Gasteiger charge is 2.21. The Hall–Kier alpha value is -2.54. The highest BCUT2D eigenvalue weighted by Crippen LogP contribution is 2.20. The van der Waals surface area contributed by atoms with E-state index in [2.05, 4.69) is 37.2 Å². The highest BCUT2D eigenvalue weighted by atomic mass is 32.1. The average molecular weight is 369 g/mol. The van der Waals surface area contributed by atoms with Gasteiger partial charge in [0.15, 0.2) is 0 Å². The van der Waals surface area contributed by atoms with Crippen LogP contribution < -0.4 is 5.32 Å². The van der Waals surface area contributed by atoms with Crippen LogP contribution in [-0.2, 0) is 17.8 Å². The molecule has 2 atom stereocenters. The Labute approximate surface area is 157 Å². The number of carbonyl (C=O) groups excluding carboxylic acids is 1. The molecule has 1 N–H and O–H groups in total. The van der Waals surface area contributed by atoms with E-state index in [1.165, 1.54) is 5.56 Å². The minimum absolute atomic E-state index is 0.00151. The summed E-state index contributed by atoms with van der Waals surface area (Å²) in [5.41, 5.74) is 2.21. The van der Waals surface area contributed by atoms with E-state index in [-0.39, 0.29) is 17.9 Å². The van der Waals surface area contributed by atoms with Crippen LogP contribution in [0.15, 0.2) is 41.4 Å². The summed E-state index contributed by atoms with van der Waals surface area (Å²) in [4.78, 5) is 21.3. The quantitative estimate of drug-likeness (QED) is 0.695. The molecule has 136 valence electrons. The number of pyridine rings is 1. The van der Waals surface area contributed by atoms with Crippen LogP contribution in [0, 0.1) is 19.8 Å². The lowest BCUT2D eigenvalue weighted by molar-refractivity contribution is -0.125. The molecule has 6 nitrogen and oxygen atoms in total. The van der Waals surface area contributed by atoms with Gasteiger partial charge >= 0.3 is 0 Å². The van der Waals surface area contributed by atoms with E-state index in [1.54, 1.807) is 22.2 Å². The standard InChI is InChI=1S/C19H23N5OS/c1-13(11-24-15(3)21-14(2)23-24)19(25)22-18(9-16-6-8-26-12-16)17-5-4-7-20-10-17/h4-8,10,12-13,18H,9,11H2,1-3H3,(H,22,25)/t13-,18-/m1/s1. The monoisotopic (exact) mass is 369 g/mol. The number of hydrogen-bond acceptors (Lipinski definition) is 5. The lowest BCUT2D eigenvalue weighted by Gasteiger charge is -2.21. The number of nitrogens with zero attached hydrogens (tertiary/aromatic N) is 4. The zero-order valence-electron chi connectivity index (χ0n) is 15.2. The highest BCUT2D eigenvalue weighted by molar-refractivity contribution is 7.07. The first-order valence-electron chi connectivity index (χ1n) is 8.62. The van der Waals surface area contributed by atoms with Gasteiger partial charge in [0.1, 0.15) is 11.6 Å². The summed E-state index contributed by atoms with van der Waals surface area (Å²) in [5.74, 6) is 1.34. The molecule has 0 bridgehead atoms. The average Bonchev–Trinajstić information content (AvgIpc) is 3.24. The lowest BCUT2D eigenvalue weighted by atomic mass is 10.0. The van der Waals surface area contributed by atoms with Crippen molar-refractivity contribution in [3.8, 4) is 0 Å². The molecule has 0 spiro atoms. The number of rotatable bonds is 7. The molecule has 3 aromatic heterocycles. The van der Waals surface area contributed by atoms with E-state index >= 15 is 0 Å². The molecule has 0 radical (unpaired) electrons. The molecular weight excluding hydrogens is 346 g/mol. The number of aromatic nitrogens is 4. The van der Waals surface area contributed by atoms with Crippen molar-refractivity contribution < 1.29 is 4.79 Å². The summed E-state index contributed by atoms with van der Waals surface area (Å²) >= 11 is 1.66. The smallest absolute Gasteiger partial charge is 0.225 e.